The van der Waals surface area contributed by atoms with Crippen molar-refractivity contribution in [2.24, 2.45) is 12.0 Å². The monoisotopic (exact) mass is 566 g/mol. The van der Waals surface area contributed by atoms with E-state index in [-0.39, 0.29) is 11.6 Å². The average Bonchev–Trinajstić information content (AvgIpc) is 3.23. The minimum Gasteiger partial charge on any atom is -0.480 e. The van der Waals surface area contributed by atoms with E-state index in [0.29, 0.717) is 16.7 Å². The van der Waals surface area contributed by atoms with Crippen LogP contribution in [0.3, 0.4) is 0 Å². The first-order chi connectivity index (χ1) is 19.5. The smallest absolute Gasteiger partial charge is 0.238 e. The Morgan fingerprint density at radius 1 is 1.02 bits per heavy atom. The standard InChI is InChI=1S/C29H26N8O3S/c1-29(2,16-30)20-7-9-21(10-8-20)37-26-22-12-18(19-13-24(35-41(5,38)39)27(40-4)33-14-19)6-11-23(22)32-15-25(26)36(3)28(37)34-17-31/h6-15,35H,1-5H3/b34-28-. The summed E-state index contributed by atoms with van der Waals surface area (Å²) in [5, 5.41) is 19.9. The Balaban J connectivity index is 1.79. The molecule has 0 saturated carbocycles. The summed E-state index contributed by atoms with van der Waals surface area (Å²) >= 11 is 0. The van der Waals surface area contributed by atoms with Crippen LogP contribution in [0.15, 0.2) is 65.9 Å². The van der Waals surface area contributed by atoms with Gasteiger partial charge in [-0.2, -0.15) is 10.5 Å². The van der Waals surface area contributed by atoms with Gasteiger partial charge in [0.1, 0.15) is 5.69 Å². The summed E-state index contributed by atoms with van der Waals surface area (Å²) in [6.07, 6.45) is 6.30. The molecule has 0 radical (unpaired) electrons. The van der Waals surface area contributed by atoms with Crippen LogP contribution in [-0.4, -0.2) is 40.9 Å². The summed E-state index contributed by atoms with van der Waals surface area (Å²) < 4.78 is 35.3. The fraction of sp³-hybridized carbons (Fsp3) is 0.207. The zero-order valence-corrected chi connectivity index (χ0v) is 23.9. The number of sulfonamides is 1. The lowest BCUT2D eigenvalue weighted by Gasteiger charge is -2.16. The maximum Gasteiger partial charge on any atom is 0.238 e. The van der Waals surface area contributed by atoms with Crippen molar-refractivity contribution in [1.82, 2.24) is 19.1 Å². The van der Waals surface area contributed by atoms with E-state index < -0.39 is 15.4 Å². The van der Waals surface area contributed by atoms with Gasteiger partial charge in [0.05, 0.1) is 47.6 Å². The Bertz CT molecular complexity index is 2100. The van der Waals surface area contributed by atoms with Crippen LogP contribution in [0.1, 0.15) is 19.4 Å². The number of ether oxygens (including phenoxy) is 1. The number of aromatic nitrogens is 4. The zero-order valence-electron chi connectivity index (χ0n) is 23.0. The number of anilines is 1. The molecule has 2 aromatic carbocycles. The fourth-order valence-corrected chi connectivity index (χ4v) is 5.28. The van der Waals surface area contributed by atoms with E-state index in [2.05, 4.69) is 25.8 Å². The molecule has 41 heavy (non-hydrogen) atoms. The van der Waals surface area contributed by atoms with Crippen molar-refractivity contribution in [3.8, 4) is 35.0 Å². The van der Waals surface area contributed by atoms with Crippen molar-refractivity contribution >= 4 is 37.6 Å². The number of methoxy groups -OCH3 is 1. The molecule has 0 aliphatic heterocycles. The van der Waals surface area contributed by atoms with Gasteiger partial charge in [0, 0.05) is 29.9 Å². The van der Waals surface area contributed by atoms with E-state index in [0.717, 1.165) is 39.5 Å². The van der Waals surface area contributed by atoms with E-state index in [1.165, 1.54) is 7.11 Å². The number of pyridine rings is 2. The maximum atomic E-state index is 11.9. The second kappa shape index (κ2) is 10.1. The number of nitriles is 2. The van der Waals surface area contributed by atoms with Gasteiger partial charge in [0.2, 0.25) is 27.7 Å². The number of rotatable bonds is 6. The van der Waals surface area contributed by atoms with E-state index in [1.54, 1.807) is 23.0 Å². The summed E-state index contributed by atoms with van der Waals surface area (Å²) in [4.78, 5) is 13.1. The predicted octanol–water partition coefficient (Wildman–Crippen LogP) is 4.14. The minimum atomic E-state index is -3.57. The summed E-state index contributed by atoms with van der Waals surface area (Å²) in [5.41, 5.74) is 5.23. The van der Waals surface area contributed by atoms with Crippen LogP contribution in [0, 0.1) is 22.8 Å². The van der Waals surface area contributed by atoms with Gasteiger partial charge in [-0.05, 0) is 55.3 Å². The third kappa shape index (κ3) is 4.97. The second-order valence-electron chi connectivity index (χ2n) is 10.1. The summed E-state index contributed by atoms with van der Waals surface area (Å²) in [6, 6.07) is 17.3. The van der Waals surface area contributed by atoms with Gasteiger partial charge < -0.3 is 9.30 Å². The molecule has 206 valence electrons. The molecule has 0 spiro atoms. The first-order valence-electron chi connectivity index (χ1n) is 12.4. The highest BCUT2D eigenvalue weighted by atomic mass is 32.2. The maximum absolute atomic E-state index is 11.9. The molecule has 12 heteroatoms. The van der Waals surface area contributed by atoms with Gasteiger partial charge in [-0.15, -0.1) is 4.99 Å². The largest absolute Gasteiger partial charge is 0.480 e. The first-order valence-corrected chi connectivity index (χ1v) is 14.3. The topological polar surface area (TPSA) is 151 Å². The molecule has 0 aliphatic carbocycles. The lowest BCUT2D eigenvalue weighted by molar-refractivity contribution is 0.400. The summed E-state index contributed by atoms with van der Waals surface area (Å²) in [7, 11) is -0.339. The van der Waals surface area contributed by atoms with Crippen molar-refractivity contribution < 1.29 is 13.2 Å². The SMILES string of the molecule is COc1ncc(-c2ccc3ncc4c(c3c2)n(-c2ccc(C(C)(C)C#N)cc2)/c(=N\C#N)n4C)cc1NS(C)(=O)=O. The highest BCUT2D eigenvalue weighted by Crippen LogP contribution is 2.33. The van der Waals surface area contributed by atoms with Gasteiger partial charge in [0.15, 0.2) is 0 Å². The van der Waals surface area contributed by atoms with E-state index in [4.69, 9.17) is 4.74 Å². The zero-order chi connectivity index (χ0) is 29.5. The molecular formula is C29H26N8O3S. The number of aryl methyl sites for hydroxylation is 1. The molecule has 0 atom stereocenters. The molecule has 1 N–H and O–H groups in total. The number of hydrogen-bond donors (Lipinski definition) is 1. The molecule has 0 unspecified atom stereocenters. The van der Waals surface area contributed by atoms with Crippen LogP contribution in [-0.2, 0) is 22.5 Å². The number of imidazole rings is 1. The molecule has 5 rings (SSSR count). The number of benzene rings is 2. The van der Waals surface area contributed by atoms with Crippen LogP contribution in [0.2, 0.25) is 0 Å². The molecule has 11 nitrogen and oxygen atoms in total. The first kappa shape index (κ1) is 27.4. The lowest BCUT2D eigenvalue weighted by Crippen LogP contribution is -2.23. The Hall–Kier alpha value is -5.20. The van der Waals surface area contributed by atoms with Gasteiger partial charge in [-0.1, -0.05) is 18.2 Å². The molecule has 3 heterocycles. The Kier molecular flexibility index (Phi) is 6.73. The van der Waals surface area contributed by atoms with E-state index in [9.17, 15) is 18.9 Å². The molecule has 5 aromatic rings. The van der Waals surface area contributed by atoms with Crippen molar-refractivity contribution in [3.05, 3.63) is 72.1 Å². The minimum absolute atomic E-state index is 0.149. The van der Waals surface area contributed by atoms with E-state index >= 15 is 0 Å². The highest BCUT2D eigenvalue weighted by Gasteiger charge is 2.21. The van der Waals surface area contributed by atoms with Gasteiger partial charge >= 0.3 is 0 Å². The third-order valence-corrected chi connectivity index (χ3v) is 7.45. The van der Waals surface area contributed by atoms with Crippen LogP contribution < -0.4 is 15.1 Å². The van der Waals surface area contributed by atoms with Crippen molar-refractivity contribution in [2.45, 2.75) is 19.3 Å². The molecule has 0 saturated heterocycles. The van der Waals surface area contributed by atoms with Crippen molar-refractivity contribution in [1.29, 1.82) is 10.5 Å². The van der Waals surface area contributed by atoms with Gasteiger partial charge in [0.25, 0.3) is 0 Å². The number of fused-ring (bicyclic) bond motifs is 3. The van der Waals surface area contributed by atoms with Crippen LogP contribution in [0.25, 0.3) is 38.8 Å². The van der Waals surface area contributed by atoms with Crippen molar-refractivity contribution in [2.75, 3.05) is 18.1 Å². The Morgan fingerprint density at radius 3 is 2.39 bits per heavy atom. The molecule has 0 fully saturated rings. The molecule has 0 aliphatic rings. The number of nitrogens with zero attached hydrogens (tertiary/aromatic N) is 7. The quantitative estimate of drug-likeness (QED) is 0.303. The summed E-state index contributed by atoms with van der Waals surface area (Å²) in [6.45, 7) is 3.71. The van der Waals surface area contributed by atoms with Crippen LogP contribution in [0.4, 0.5) is 5.69 Å². The molecule has 3 aromatic heterocycles. The van der Waals surface area contributed by atoms with Gasteiger partial charge in [-0.25, -0.2) is 13.4 Å². The molecular weight excluding hydrogens is 540 g/mol. The summed E-state index contributed by atoms with van der Waals surface area (Å²) in [5.74, 6) is 0.149. The highest BCUT2D eigenvalue weighted by molar-refractivity contribution is 7.92. The normalized spacial score (nSPS) is 12.3. The lowest BCUT2D eigenvalue weighted by atomic mass is 9.86. The van der Waals surface area contributed by atoms with Crippen LogP contribution >= 0.6 is 0 Å². The third-order valence-electron chi connectivity index (χ3n) is 6.86. The molecule has 0 bridgehead atoms. The van der Waals surface area contributed by atoms with Crippen molar-refractivity contribution in [3.63, 3.8) is 0 Å². The van der Waals surface area contributed by atoms with Gasteiger partial charge in [-0.3, -0.25) is 14.3 Å². The Morgan fingerprint density at radius 2 is 1.76 bits per heavy atom. The molecule has 0 amide bonds. The van der Waals surface area contributed by atoms with E-state index in [1.807, 2.05) is 74.1 Å². The second-order valence-corrected chi connectivity index (χ2v) is 11.8. The number of nitrogens with one attached hydrogen (secondary N) is 1. The van der Waals surface area contributed by atoms with Crippen LogP contribution in [0.5, 0.6) is 5.88 Å². The fourth-order valence-electron chi connectivity index (χ4n) is 4.74. The number of hydrogen-bond acceptors (Lipinski definition) is 8. The average molecular weight is 567 g/mol. The Labute approximate surface area is 236 Å². The predicted molar refractivity (Wildman–Crippen MR) is 156 cm³/mol.